The number of methoxy groups -OCH3 is 2. The molecule has 0 amide bonds. The number of hydrogen-bond acceptors (Lipinski definition) is 7. The molecule has 0 radical (unpaired) electrons. The molecule has 148 valence electrons. The Kier molecular flexibility index (Phi) is 5.22. The van der Waals surface area contributed by atoms with Gasteiger partial charge in [0.25, 0.3) is 0 Å². The molecular weight excluding hydrogens is 384 g/mol. The molecule has 0 aliphatic rings. The highest BCUT2D eigenvalue weighted by molar-refractivity contribution is 7.17. The highest BCUT2D eigenvalue weighted by atomic mass is 32.1. The molecule has 29 heavy (non-hydrogen) atoms. The SMILES string of the molecule is COc1ccc(-c2csc3ncnc(Nc4ccc(N(C)C)cc4)c23)cc1OC. The fourth-order valence-corrected chi connectivity index (χ4v) is 4.08. The lowest BCUT2D eigenvalue weighted by Crippen LogP contribution is -2.08. The molecule has 1 N–H and O–H groups in total. The molecule has 2 heterocycles. The van der Waals surface area contributed by atoms with Gasteiger partial charge in [0.05, 0.1) is 19.6 Å². The van der Waals surface area contributed by atoms with Crippen molar-refractivity contribution in [2.45, 2.75) is 0 Å². The molecule has 0 unspecified atom stereocenters. The Bertz CT molecular complexity index is 1140. The van der Waals surface area contributed by atoms with Gasteiger partial charge in [0.15, 0.2) is 11.5 Å². The van der Waals surface area contributed by atoms with Gasteiger partial charge in [-0.2, -0.15) is 0 Å². The smallest absolute Gasteiger partial charge is 0.161 e. The maximum Gasteiger partial charge on any atom is 0.161 e. The standard InChI is InChI=1S/C22H22N4O2S/c1-26(2)16-8-6-15(7-9-16)25-21-20-17(12-29-22(20)24-13-23-21)14-5-10-18(27-3)19(11-14)28-4/h5-13H,1-4H3,(H,23,24,25). The average molecular weight is 407 g/mol. The van der Waals surface area contributed by atoms with Gasteiger partial charge in [-0.1, -0.05) is 6.07 Å². The van der Waals surface area contributed by atoms with E-state index in [1.165, 1.54) is 0 Å². The van der Waals surface area contributed by atoms with Gasteiger partial charge < -0.3 is 19.7 Å². The normalized spacial score (nSPS) is 10.8. The first-order valence-electron chi connectivity index (χ1n) is 9.09. The van der Waals surface area contributed by atoms with Gasteiger partial charge in [-0.15, -0.1) is 11.3 Å². The highest BCUT2D eigenvalue weighted by Gasteiger charge is 2.15. The lowest BCUT2D eigenvalue weighted by atomic mass is 10.1. The molecule has 6 nitrogen and oxygen atoms in total. The molecule has 0 saturated carbocycles. The zero-order valence-corrected chi connectivity index (χ0v) is 17.6. The molecule has 0 aliphatic carbocycles. The number of nitrogens with one attached hydrogen (secondary N) is 1. The molecule has 7 heteroatoms. The number of anilines is 3. The summed E-state index contributed by atoms with van der Waals surface area (Å²) in [5.74, 6) is 2.17. The van der Waals surface area contributed by atoms with E-state index in [4.69, 9.17) is 9.47 Å². The first-order valence-corrected chi connectivity index (χ1v) is 9.97. The molecule has 2 aromatic heterocycles. The third kappa shape index (κ3) is 3.69. The number of fused-ring (bicyclic) bond motifs is 1. The van der Waals surface area contributed by atoms with Crippen LogP contribution in [-0.4, -0.2) is 38.3 Å². The first kappa shape index (κ1) is 19.0. The fourth-order valence-electron chi connectivity index (χ4n) is 3.17. The van der Waals surface area contributed by atoms with Crippen molar-refractivity contribution in [2.24, 2.45) is 0 Å². The van der Waals surface area contributed by atoms with E-state index < -0.39 is 0 Å². The van der Waals surface area contributed by atoms with Gasteiger partial charge in [-0.25, -0.2) is 9.97 Å². The Labute approximate surface area is 173 Å². The van der Waals surface area contributed by atoms with Gasteiger partial charge in [0, 0.05) is 36.4 Å². The van der Waals surface area contributed by atoms with Crippen LogP contribution >= 0.6 is 11.3 Å². The average Bonchev–Trinajstić information content (AvgIpc) is 3.19. The Morgan fingerprint density at radius 2 is 1.69 bits per heavy atom. The summed E-state index contributed by atoms with van der Waals surface area (Å²) in [6, 6.07) is 14.1. The summed E-state index contributed by atoms with van der Waals surface area (Å²) in [4.78, 5) is 12.0. The monoisotopic (exact) mass is 406 g/mol. The minimum atomic E-state index is 0.690. The molecule has 4 rings (SSSR count). The molecule has 0 saturated heterocycles. The van der Waals surface area contributed by atoms with Crippen molar-refractivity contribution >= 4 is 38.7 Å². The molecule has 0 fully saturated rings. The summed E-state index contributed by atoms with van der Waals surface area (Å²) in [7, 11) is 7.32. The van der Waals surface area contributed by atoms with E-state index in [1.54, 1.807) is 31.9 Å². The van der Waals surface area contributed by atoms with Crippen LogP contribution in [0.25, 0.3) is 21.3 Å². The highest BCUT2D eigenvalue weighted by Crippen LogP contribution is 2.40. The molecule has 0 bridgehead atoms. The van der Waals surface area contributed by atoms with E-state index in [0.717, 1.165) is 38.5 Å². The summed E-state index contributed by atoms with van der Waals surface area (Å²) >= 11 is 1.59. The third-order valence-corrected chi connectivity index (χ3v) is 5.60. The van der Waals surface area contributed by atoms with E-state index in [2.05, 4.69) is 37.7 Å². The molecule has 0 aliphatic heterocycles. The quantitative estimate of drug-likeness (QED) is 0.476. The lowest BCUT2D eigenvalue weighted by Gasteiger charge is -2.14. The molecular formula is C22H22N4O2S. The first-order chi connectivity index (χ1) is 14.1. The zero-order chi connectivity index (χ0) is 20.4. The van der Waals surface area contributed by atoms with E-state index in [9.17, 15) is 0 Å². The van der Waals surface area contributed by atoms with Crippen molar-refractivity contribution in [3.63, 3.8) is 0 Å². The van der Waals surface area contributed by atoms with Crippen LogP contribution in [0.3, 0.4) is 0 Å². The van der Waals surface area contributed by atoms with E-state index >= 15 is 0 Å². The van der Waals surface area contributed by atoms with Crippen LogP contribution in [0.1, 0.15) is 0 Å². The van der Waals surface area contributed by atoms with Crippen molar-refractivity contribution in [1.82, 2.24) is 9.97 Å². The van der Waals surface area contributed by atoms with Gasteiger partial charge in [0.1, 0.15) is 17.0 Å². The summed E-state index contributed by atoms with van der Waals surface area (Å²) in [5.41, 5.74) is 4.19. The fraction of sp³-hybridized carbons (Fsp3) is 0.182. The summed E-state index contributed by atoms with van der Waals surface area (Å²) in [6.45, 7) is 0. The summed E-state index contributed by atoms with van der Waals surface area (Å²) in [5, 5.41) is 6.53. The number of benzene rings is 2. The lowest BCUT2D eigenvalue weighted by molar-refractivity contribution is 0.355. The van der Waals surface area contributed by atoms with E-state index in [1.807, 2.05) is 44.4 Å². The molecule has 0 spiro atoms. The van der Waals surface area contributed by atoms with Gasteiger partial charge in [-0.3, -0.25) is 0 Å². The molecule has 4 aromatic rings. The number of ether oxygens (including phenoxy) is 2. The maximum absolute atomic E-state index is 5.47. The van der Waals surface area contributed by atoms with Gasteiger partial charge >= 0.3 is 0 Å². The van der Waals surface area contributed by atoms with Crippen LogP contribution in [0.15, 0.2) is 54.2 Å². The second-order valence-corrected chi connectivity index (χ2v) is 7.55. The number of thiophene rings is 1. The number of aromatic nitrogens is 2. The Balaban J connectivity index is 1.76. The van der Waals surface area contributed by atoms with Crippen LogP contribution in [0.5, 0.6) is 11.5 Å². The largest absolute Gasteiger partial charge is 0.493 e. The minimum Gasteiger partial charge on any atom is -0.493 e. The zero-order valence-electron chi connectivity index (χ0n) is 16.8. The number of nitrogens with zero attached hydrogens (tertiary/aromatic N) is 3. The predicted octanol–water partition coefficient (Wildman–Crippen LogP) is 5.19. The Morgan fingerprint density at radius 1 is 0.931 bits per heavy atom. The number of hydrogen-bond donors (Lipinski definition) is 1. The second-order valence-electron chi connectivity index (χ2n) is 6.69. The molecule has 2 aromatic carbocycles. The molecule has 0 atom stereocenters. The van der Waals surface area contributed by atoms with Crippen molar-refractivity contribution in [3.8, 4) is 22.6 Å². The van der Waals surface area contributed by atoms with Gasteiger partial charge in [0.2, 0.25) is 0 Å². The van der Waals surface area contributed by atoms with Crippen molar-refractivity contribution in [2.75, 3.05) is 38.5 Å². The van der Waals surface area contributed by atoms with Gasteiger partial charge in [-0.05, 0) is 42.0 Å². The maximum atomic E-state index is 5.47. The second kappa shape index (κ2) is 7.97. The van der Waals surface area contributed by atoms with Crippen LogP contribution in [0.4, 0.5) is 17.2 Å². The van der Waals surface area contributed by atoms with Crippen molar-refractivity contribution in [3.05, 3.63) is 54.2 Å². The predicted molar refractivity (Wildman–Crippen MR) is 120 cm³/mol. The summed E-state index contributed by atoms with van der Waals surface area (Å²) in [6.07, 6.45) is 1.59. The topological polar surface area (TPSA) is 59.5 Å². The summed E-state index contributed by atoms with van der Waals surface area (Å²) < 4.78 is 10.8. The van der Waals surface area contributed by atoms with Crippen LogP contribution < -0.4 is 19.7 Å². The van der Waals surface area contributed by atoms with Crippen LogP contribution in [-0.2, 0) is 0 Å². The number of rotatable bonds is 6. The van der Waals surface area contributed by atoms with Crippen LogP contribution in [0, 0.1) is 0 Å². The Morgan fingerprint density at radius 3 is 2.38 bits per heavy atom. The van der Waals surface area contributed by atoms with E-state index in [0.29, 0.717) is 11.5 Å². The van der Waals surface area contributed by atoms with Crippen molar-refractivity contribution < 1.29 is 9.47 Å². The van der Waals surface area contributed by atoms with E-state index in [-0.39, 0.29) is 0 Å². The third-order valence-electron chi connectivity index (χ3n) is 4.71. The Hall–Kier alpha value is -3.32. The van der Waals surface area contributed by atoms with Crippen molar-refractivity contribution in [1.29, 1.82) is 0 Å². The van der Waals surface area contributed by atoms with Crippen LogP contribution in [0.2, 0.25) is 0 Å². The minimum absolute atomic E-state index is 0.690.